The summed E-state index contributed by atoms with van der Waals surface area (Å²) in [5, 5.41) is 10.5. The first-order valence-electron chi connectivity index (χ1n) is 7.21. The number of hydrogen-bond donors (Lipinski definition) is 1. The lowest BCUT2D eigenvalue weighted by atomic mass is 9.75. The van der Waals surface area contributed by atoms with E-state index in [4.69, 9.17) is 0 Å². The van der Waals surface area contributed by atoms with Crippen molar-refractivity contribution in [3.8, 4) is 0 Å². The Bertz CT molecular complexity index is 428. The first kappa shape index (κ1) is 15.4. The summed E-state index contributed by atoms with van der Waals surface area (Å²) in [5.74, 6) is 0.683. The molecule has 2 rings (SSSR count). The van der Waals surface area contributed by atoms with E-state index in [0.29, 0.717) is 12.3 Å². The lowest BCUT2D eigenvalue weighted by Crippen LogP contribution is -2.36. The Kier molecular flexibility index (Phi) is 4.43. The van der Waals surface area contributed by atoms with Crippen molar-refractivity contribution in [2.45, 2.75) is 57.2 Å². The quantitative estimate of drug-likeness (QED) is 0.862. The van der Waals surface area contributed by atoms with Crippen molar-refractivity contribution in [1.82, 2.24) is 0 Å². The first-order valence-corrected chi connectivity index (χ1v) is 7.21. The van der Waals surface area contributed by atoms with Crippen molar-refractivity contribution in [3.63, 3.8) is 0 Å². The molecular formula is C16H21F3O. The van der Waals surface area contributed by atoms with E-state index in [0.717, 1.165) is 49.8 Å². The molecule has 0 spiro atoms. The molecule has 0 saturated heterocycles. The summed E-state index contributed by atoms with van der Waals surface area (Å²) in [6, 6.07) is 5.14. The molecule has 112 valence electrons. The van der Waals surface area contributed by atoms with Crippen molar-refractivity contribution in [1.29, 1.82) is 0 Å². The highest BCUT2D eigenvalue weighted by Gasteiger charge is 2.33. The molecule has 0 aliphatic heterocycles. The molecule has 20 heavy (non-hydrogen) atoms. The van der Waals surface area contributed by atoms with E-state index in [1.54, 1.807) is 0 Å². The van der Waals surface area contributed by atoms with Gasteiger partial charge in [0.1, 0.15) is 0 Å². The van der Waals surface area contributed by atoms with Crippen LogP contribution < -0.4 is 0 Å². The van der Waals surface area contributed by atoms with E-state index < -0.39 is 17.3 Å². The van der Waals surface area contributed by atoms with Crippen molar-refractivity contribution < 1.29 is 18.3 Å². The van der Waals surface area contributed by atoms with Gasteiger partial charge in [0.2, 0.25) is 0 Å². The fourth-order valence-electron chi connectivity index (χ4n) is 2.99. The van der Waals surface area contributed by atoms with E-state index >= 15 is 0 Å². The average molecular weight is 286 g/mol. The zero-order valence-corrected chi connectivity index (χ0v) is 11.7. The molecule has 0 amide bonds. The van der Waals surface area contributed by atoms with Crippen LogP contribution in [0.3, 0.4) is 0 Å². The smallest absolute Gasteiger partial charge is 0.390 e. The second kappa shape index (κ2) is 5.76. The highest BCUT2D eigenvalue weighted by Crippen LogP contribution is 2.36. The zero-order valence-electron chi connectivity index (χ0n) is 11.7. The van der Waals surface area contributed by atoms with Gasteiger partial charge in [0.25, 0.3) is 0 Å². The predicted molar refractivity (Wildman–Crippen MR) is 72.3 cm³/mol. The van der Waals surface area contributed by atoms with Gasteiger partial charge in [-0.3, -0.25) is 0 Å². The maximum atomic E-state index is 12.5. The highest BCUT2D eigenvalue weighted by atomic mass is 19.4. The Morgan fingerprint density at radius 2 is 1.70 bits per heavy atom. The van der Waals surface area contributed by atoms with Gasteiger partial charge in [-0.15, -0.1) is 0 Å². The summed E-state index contributed by atoms with van der Waals surface area (Å²) < 4.78 is 37.5. The minimum absolute atomic E-state index is 0.446. The summed E-state index contributed by atoms with van der Waals surface area (Å²) in [6.07, 6.45) is 0.785. The van der Waals surface area contributed by atoms with E-state index in [9.17, 15) is 18.3 Å². The Morgan fingerprint density at radius 3 is 2.15 bits per heavy atom. The molecule has 0 atom stereocenters. The minimum atomic E-state index is -4.30. The van der Waals surface area contributed by atoms with Crippen LogP contribution >= 0.6 is 0 Å². The van der Waals surface area contributed by atoms with Crippen LogP contribution in [0.25, 0.3) is 0 Å². The number of aliphatic hydroxyl groups is 1. The lowest BCUT2D eigenvalue weighted by Gasteiger charge is -2.36. The molecule has 4 heteroatoms. The molecule has 1 aliphatic rings. The maximum absolute atomic E-state index is 12.5. The van der Waals surface area contributed by atoms with Gasteiger partial charge in [-0.1, -0.05) is 25.5 Å². The molecule has 1 fully saturated rings. The lowest BCUT2D eigenvalue weighted by molar-refractivity contribution is -0.137. The third-order valence-corrected chi connectivity index (χ3v) is 4.43. The van der Waals surface area contributed by atoms with Gasteiger partial charge < -0.3 is 5.11 Å². The number of hydrogen-bond acceptors (Lipinski definition) is 1. The summed E-state index contributed by atoms with van der Waals surface area (Å²) >= 11 is 0. The number of rotatable bonds is 3. The third kappa shape index (κ3) is 3.75. The molecule has 0 aromatic heterocycles. The van der Waals surface area contributed by atoms with Crippen LogP contribution in [0, 0.1) is 5.92 Å². The third-order valence-electron chi connectivity index (χ3n) is 4.43. The highest BCUT2D eigenvalue weighted by molar-refractivity contribution is 5.25. The average Bonchev–Trinajstić information content (AvgIpc) is 2.39. The summed E-state index contributed by atoms with van der Waals surface area (Å²) in [7, 11) is 0. The standard InChI is InChI=1S/C16H21F3O/c1-2-12-7-9-15(20,10-8-12)11-13-3-5-14(6-4-13)16(17,18)19/h3-6,12,20H,2,7-11H2,1H3. The van der Waals surface area contributed by atoms with E-state index in [-0.39, 0.29) is 0 Å². The van der Waals surface area contributed by atoms with Crippen LogP contribution in [0.1, 0.15) is 50.2 Å². The molecule has 0 radical (unpaired) electrons. The molecule has 1 saturated carbocycles. The van der Waals surface area contributed by atoms with E-state index in [1.807, 2.05) is 0 Å². The van der Waals surface area contributed by atoms with Crippen molar-refractivity contribution >= 4 is 0 Å². The van der Waals surface area contributed by atoms with Crippen LogP contribution in [0.2, 0.25) is 0 Å². The molecule has 1 aromatic carbocycles. The molecular weight excluding hydrogens is 265 g/mol. The Balaban J connectivity index is 2.00. The molecule has 1 N–H and O–H groups in total. The molecule has 1 aromatic rings. The van der Waals surface area contributed by atoms with Crippen LogP contribution in [0.4, 0.5) is 13.2 Å². The van der Waals surface area contributed by atoms with E-state index in [1.165, 1.54) is 12.1 Å². The fourth-order valence-corrected chi connectivity index (χ4v) is 2.99. The molecule has 0 bridgehead atoms. The zero-order chi connectivity index (χ0) is 14.8. The Morgan fingerprint density at radius 1 is 1.15 bits per heavy atom. The van der Waals surface area contributed by atoms with Crippen LogP contribution in [0.5, 0.6) is 0 Å². The predicted octanol–water partition coefficient (Wildman–Crippen LogP) is 4.58. The maximum Gasteiger partial charge on any atom is 0.416 e. The van der Waals surface area contributed by atoms with Gasteiger partial charge in [0.15, 0.2) is 0 Å². The second-order valence-electron chi connectivity index (χ2n) is 5.95. The summed E-state index contributed by atoms with van der Waals surface area (Å²) in [4.78, 5) is 0. The van der Waals surface area contributed by atoms with Crippen molar-refractivity contribution in [2.24, 2.45) is 5.92 Å². The van der Waals surface area contributed by atoms with Gasteiger partial charge in [-0.05, 0) is 49.3 Å². The second-order valence-corrected chi connectivity index (χ2v) is 5.95. The topological polar surface area (TPSA) is 20.2 Å². The summed E-state index contributed by atoms with van der Waals surface area (Å²) in [5.41, 5.74) is -0.607. The molecule has 1 aliphatic carbocycles. The van der Waals surface area contributed by atoms with Crippen molar-refractivity contribution in [2.75, 3.05) is 0 Å². The van der Waals surface area contributed by atoms with Gasteiger partial charge in [0.05, 0.1) is 11.2 Å². The molecule has 0 unspecified atom stereocenters. The van der Waals surface area contributed by atoms with Crippen LogP contribution in [-0.2, 0) is 12.6 Å². The minimum Gasteiger partial charge on any atom is -0.390 e. The molecule has 0 heterocycles. The molecule has 1 nitrogen and oxygen atoms in total. The monoisotopic (exact) mass is 286 g/mol. The van der Waals surface area contributed by atoms with Crippen LogP contribution in [-0.4, -0.2) is 10.7 Å². The number of alkyl halides is 3. The van der Waals surface area contributed by atoms with Gasteiger partial charge in [-0.25, -0.2) is 0 Å². The van der Waals surface area contributed by atoms with Gasteiger partial charge in [0, 0.05) is 6.42 Å². The van der Waals surface area contributed by atoms with Crippen LogP contribution in [0.15, 0.2) is 24.3 Å². The fraction of sp³-hybridized carbons (Fsp3) is 0.625. The SMILES string of the molecule is CCC1CCC(O)(Cc2ccc(C(F)(F)F)cc2)CC1. The van der Waals surface area contributed by atoms with E-state index in [2.05, 4.69) is 6.92 Å². The number of halogens is 3. The number of benzene rings is 1. The van der Waals surface area contributed by atoms with Gasteiger partial charge >= 0.3 is 6.18 Å². The first-order chi connectivity index (χ1) is 9.32. The van der Waals surface area contributed by atoms with Gasteiger partial charge in [-0.2, -0.15) is 13.2 Å². The normalized spacial score (nSPS) is 27.6. The largest absolute Gasteiger partial charge is 0.416 e. The van der Waals surface area contributed by atoms with Crippen molar-refractivity contribution in [3.05, 3.63) is 35.4 Å². The Labute approximate surface area is 117 Å². The Hall–Kier alpha value is -1.03. The summed E-state index contributed by atoms with van der Waals surface area (Å²) in [6.45, 7) is 2.16.